The van der Waals surface area contributed by atoms with Crippen LogP contribution < -0.4 is 4.74 Å². The summed E-state index contributed by atoms with van der Waals surface area (Å²) in [6.45, 7) is 9.86. The number of rotatable bonds is 7. The summed E-state index contributed by atoms with van der Waals surface area (Å²) in [5.74, 6) is 6.90. The number of carbonyl (C=O) groups is 1. The summed E-state index contributed by atoms with van der Waals surface area (Å²) >= 11 is 0. The Balaban J connectivity index is 1.89. The summed E-state index contributed by atoms with van der Waals surface area (Å²) in [4.78, 5) is 26.3. The molecule has 0 bridgehead atoms. The smallest absolute Gasteiger partial charge is 0.259 e. The number of fused-ring (bicyclic) bond motifs is 1. The van der Waals surface area contributed by atoms with Crippen molar-refractivity contribution in [3.63, 3.8) is 0 Å². The summed E-state index contributed by atoms with van der Waals surface area (Å²) in [5.41, 5.74) is 2.06. The molecule has 34 heavy (non-hydrogen) atoms. The predicted molar refractivity (Wildman–Crippen MR) is 132 cm³/mol. The van der Waals surface area contributed by atoms with Crippen molar-refractivity contribution < 1.29 is 14.6 Å². The van der Waals surface area contributed by atoms with Gasteiger partial charge in [-0.2, -0.15) is 0 Å². The minimum Gasteiger partial charge on any atom is -0.472 e. The zero-order chi connectivity index (χ0) is 24.7. The zero-order valence-corrected chi connectivity index (χ0v) is 20.9. The number of nitrogens with zero attached hydrogens (tertiary/aromatic N) is 4. The Labute approximate surface area is 203 Å². The SMILES string of the molecule is CC(C)CC#Cc1cnc2c(c1)C(=O)N([C@H](C)CO)C[C@H](C)[C@H](CN(C)Cc1ccccn1)O2. The Morgan fingerprint density at radius 1 is 1.29 bits per heavy atom. The van der Waals surface area contributed by atoms with Crippen molar-refractivity contribution in [2.75, 3.05) is 26.7 Å². The lowest BCUT2D eigenvalue weighted by Crippen LogP contribution is -2.49. The van der Waals surface area contributed by atoms with E-state index in [1.807, 2.05) is 32.2 Å². The molecule has 7 heteroatoms. The van der Waals surface area contributed by atoms with E-state index in [-0.39, 0.29) is 30.6 Å². The highest BCUT2D eigenvalue weighted by molar-refractivity contribution is 5.97. The van der Waals surface area contributed by atoms with Crippen LogP contribution in [0.15, 0.2) is 36.7 Å². The van der Waals surface area contributed by atoms with Gasteiger partial charge >= 0.3 is 0 Å². The van der Waals surface area contributed by atoms with Gasteiger partial charge in [-0.3, -0.25) is 14.7 Å². The van der Waals surface area contributed by atoms with Crippen LogP contribution in [0.5, 0.6) is 5.88 Å². The summed E-state index contributed by atoms with van der Waals surface area (Å²) in [6, 6.07) is 7.33. The van der Waals surface area contributed by atoms with Crippen LogP contribution in [-0.4, -0.2) is 69.7 Å². The summed E-state index contributed by atoms with van der Waals surface area (Å²) < 4.78 is 6.36. The molecule has 3 atom stereocenters. The van der Waals surface area contributed by atoms with Crippen molar-refractivity contribution in [2.45, 2.75) is 52.8 Å². The van der Waals surface area contributed by atoms with Crippen molar-refractivity contribution in [3.8, 4) is 17.7 Å². The van der Waals surface area contributed by atoms with Crippen LogP contribution in [0.3, 0.4) is 0 Å². The first-order valence-corrected chi connectivity index (χ1v) is 11.9. The first kappa shape index (κ1) is 25.7. The third-order valence-electron chi connectivity index (χ3n) is 5.91. The molecule has 0 spiro atoms. The molecule has 0 saturated carbocycles. The molecule has 7 nitrogen and oxygen atoms in total. The number of ether oxygens (including phenoxy) is 1. The fraction of sp³-hybridized carbons (Fsp3) is 0.519. The van der Waals surface area contributed by atoms with Gasteiger partial charge in [-0.25, -0.2) is 4.98 Å². The lowest BCUT2D eigenvalue weighted by atomic mass is 10.00. The molecule has 0 saturated heterocycles. The molecule has 3 rings (SSSR count). The maximum atomic E-state index is 13.5. The van der Waals surface area contributed by atoms with Crippen molar-refractivity contribution in [3.05, 3.63) is 53.5 Å². The van der Waals surface area contributed by atoms with E-state index in [1.54, 1.807) is 23.4 Å². The molecule has 1 aliphatic rings. The summed E-state index contributed by atoms with van der Waals surface area (Å²) in [6.07, 6.45) is 4.04. The number of aliphatic hydroxyl groups is 1. The highest BCUT2D eigenvalue weighted by Gasteiger charge is 2.34. The molecule has 182 valence electrons. The highest BCUT2D eigenvalue weighted by atomic mass is 16.5. The zero-order valence-electron chi connectivity index (χ0n) is 20.9. The van der Waals surface area contributed by atoms with Crippen LogP contribution in [0.1, 0.15) is 55.7 Å². The molecule has 1 aliphatic heterocycles. The molecule has 1 N–H and O–H groups in total. The van der Waals surface area contributed by atoms with Crippen molar-refractivity contribution in [1.29, 1.82) is 0 Å². The van der Waals surface area contributed by atoms with Gasteiger partial charge in [-0.1, -0.05) is 38.7 Å². The van der Waals surface area contributed by atoms with Crippen LogP contribution in [0.25, 0.3) is 0 Å². The van der Waals surface area contributed by atoms with Crippen molar-refractivity contribution in [2.24, 2.45) is 11.8 Å². The van der Waals surface area contributed by atoms with E-state index in [0.29, 0.717) is 42.6 Å². The second kappa shape index (κ2) is 12.0. The maximum absolute atomic E-state index is 13.5. The van der Waals surface area contributed by atoms with Crippen LogP contribution in [0.4, 0.5) is 0 Å². The third-order valence-corrected chi connectivity index (χ3v) is 5.91. The van der Waals surface area contributed by atoms with Gasteiger partial charge < -0.3 is 14.7 Å². The molecule has 2 aromatic rings. The number of aliphatic hydroxyl groups excluding tert-OH is 1. The maximum Gasteiger partial charge on any atom is 0.259 e. The number of hydrogen-bond donors (Lipinski definition) is 1. The fourth-order valence-corrected chi connectivity index (χ4v) is 3.89. The minimum atomic E-state index is -0.316. The Bertz CT molecular complexity index is 1020. The largest absolute Gasteiger partial charge is 0.472 e. The minimum absolute atomic E-state index is 0.0320. The van der Waals surface area contributed by atoms with Gasteiger partial charge in [-0.05, 0) is 38.1 Å². The van der Waals surface area contributed by atoms with E-state index in [4.69, 9.17) is 4.74 Å². The quantitative estimate of drug-likeness (QED) is 0.634. The third kappa shape index (κ3) is 6.78. The average Bonchev–Trinajstić information content (AvgIpc) is 2.81. The van der Waals surface area contributed by atoms with Crippen molar-refractivity contribution >= 4 is 5.91 Å². The Morgan fingerprint density at radius 2 is 2.09 bits per heavy atom. The topological polar surface area (TPSA) is 78.8 Å². The van der Waals surface area contributed by atoms with Gasteiger partial charge in [0, 0.05) is 49.9 Å². The normalized spacial score (nSPS) is 19.1. The van der Waals surface area contributed by atoms with Crippen LogP contribution >= 0.6 is 0 Å². The van der Waals surface area contributed by atoms with E-state index in [2.05, 4.69) is 47.5 Å². The molecule has 0 aliphatic carbocycles. The number of aromatic nitrogens is 2. The monoisotopic (exact) mass is 464 g/mol. The molecular formula is C27H36N4O3. The number of likely N-dealkylation sites (N-methyl/N-ethyl adjacent to an activating group) is 1. The molecule has 0 unspecified atom stereocenters. The number of amides is 1. The second-order valence-electron chi connectivity index (χ2n) is 9.62. The first-order chi connectivity index (χ1) is 16.3. The summed E-state index contributed by atoms with van der Waals surface area (Å²) in [7, 11) is 2.03. The van der Waals surface area contributed by atoms with E-state index in [1.165, 1.54) is 0 Å². The Kier molecular flexibility index (Phi) is 9.03. The highest BCUT2D eigenvalue weighted by Crippen LogP contribution is 2.27. The first-order valence-electron chi connectivity index (χ1n) is 11.9. The molecule has 0 fully saturated rings. The van der Waals surface area contributed by atoms with Gasteiger partial charge in [-0.15, -0.1) is 0 Å². The fourth-order valence-electron chi connectivity index (χ4n) is 3.89. The van der Waals surface area contributed by atoms with Gasteiger partial charge in [0.15, 0.2) is 0 Å². The lowest BCUT2D eigenvalue weighted by molar-refractivity contribution is 0.0324. The predicted octanol–water partition coefficient (Wildman–Crippen LogP) is 3.23. The summed E-state index contributed by atoms with van der Waals surface area (Å²) in [5, 5.41) is 9.82. The second-order valence-corrected chi connectivity index (χ2v) is 9.62. The van der Waals surface area contributed by atoms with Crippen molar-refractivity contribution in [1.82, 2.24) is 19.8 Å². The van der Waals surface area contributed by atoms with Gasteiger partial charge in [0.25, 0.3) is 5.91 Å². The van der Waals surface area contributed by atoms with E-state index >= 15 is 0 Å². The van der Waals surface area contributed by atoms with Gasteiger partial charge in [0.1, 0.15) is 11.7 Å². The Hall–Kier alpha value is -2.95. The molecule has 0 radical (unpaired) electrons. The van der Waals surface area contributed by atoms with Crippen LogP contribution in [-0.2, 0) is 6.54 Å². The van der Waals surface area contributed by atoms with Crippen LogP contribution in [0.2, 0.25) is 0 Å². The van der Waals surface area contributed by atoms with Gasteiger partial charge in [0.05, 0.1) is 18.3 Å². The van der Waals surface area contributed by atoms with Crippen LogP contribution in [0, 0.1) is 23.7 Å². The molecule has 1 amide bonds. The average molecular weight is 465 g/mol. The molecule has 2 aromatic heterocycles. The molecular weight excluding hydrogens is 428 g/mol. The molecule has 0 aromatic carbocycles. The van der Waals surface area contributed by atoms with Gasteiger partial charge in [0.2, 0.25) is 5.88 Å². The van der Waals surface area contributed by atoms with E-state index in [0.717, 1.165) is 12.1 Å². The van der Waals surface area contributed by atoms with E-state index < -0.39 is 0 Å². The number of carbonyl (C=O) groups excluding carboxylic acids is 1. The number of hydrogen-bond acceptors (Lipinski definition) is 6. The number of pyridine rings is 2. The molecule has 3 heterocycles. The Morgan fingerprint density at radius 3 is 2.76 bits per heavy atom. The standard InChI is InChI=1S/C27H36N4O3/c1-19(2)9-8-10-22-13-24-26(29-14-22)34-25(17-30(5)16-23-11-6-7-12-28-23)20(3)15-31(27(24)33)21(4)18-32/h6-7,11-14,19-21,25,32H,9,15-18H2,1-5H3/t20-,21+,25-/m0/s1. The lowest BCUT2D eigenvalue weighted by Gasteiger charge is -2.37. The van der Waals surface area contributed by atoms with E-state index in [9.17, 15) is 9.90 Å².